The van der Waals surface area contributed by atoms with Crippen LogP contribution in [0.25, 0.3) is 0 Å². The maximum atomic E-state index is 6.52. The third-order valence-electron chi connectivity index (χ3n) is 3.74. The van der Waals surface area contributed by atoms with Crippen molar-refractivity contribution < 1.29 is 4.43 Å². The molecule has 17 heavy (non-hydrogen) atoms. The van der Waals surface area contributed by atoms with Crippen molar-refractivity contribution in [2.24, 2.45) is 10.9 Å². The molecule has 0 aromatic rings. The van der Waals surface area contributed by atoms with Crippen LogP contribution in [-0.4, -0.2) is 50.2 Å². The van der Waals surface area contributed by atoms with Crippen molar-refractivity contribution in [3.63, 3.8) is 0 Å². The van der Waals surface area contributed by atoms with Gasteiger partial charge in [0.05, 0.1) is 17.3 Å². The van der Waals surface area contributed by atoms with Gasteiger partial charge in [-0.15, -0.1) is 0 Å². The topological polar surface area (TPSA) is 24.8 Å². The van der Waals surface area contributed by atoms with Crippen molar-refractivity contribution in [2.45, 2.75) is 38.1 Å². The summed E-state index contributed by atoms with van der Waals surface area (Å²) in [6.07, 6.45) is 2.49. The Balaban J connectivity index is 2.20. The summed E-state index contributed by atoms with van der Waals surface area (Å²) < 4.78 is 6.52. The molecule has 3 nitrogen and oxygen atoms in total. The fourth-order valence-electron chi connectivity index (χ4n) is 3.23. The van der Waals surface area contributed by atoms with Gasteiger partial charge in [-0.2, -0.15) is 0 Å². The van der Waals surface area contributed by atoms with Crippen LogP contribution in [-0.2, 0) is 4.43 Å². The van der Waals surface area contributed by atoms with E-state index in [4.69, 9.17) is 16.6 Å². The zero-order chi connectivity index (χ0) is 12.5. The van der Waals surface area contributed by atoms with E-state index in [-0.39, 0.29) is 5.60 Å². The lowest BCUT2D eigenvalue weighted by molar-refractivity contribution is -0.0913. The molecule has 3 aliphatic heterocycles. The maximum Gasteiger partial charge on any atom is 0.184 e. The summed E-state index contributed by atoms with van der Waals surface area (Å²) >= 11 is 4.72. The Bertz CT molecular complexity index is 330. The molecule has 3 rings (SSSR count). The summed E-state index contributed by atoms with van der Waals surface area (Å²) in [5, 5.41) is 2.51. The van der Waals surface area contributed by atoms with E-state index in [9.17, 15) is 0 Å². The molecule has 3 heterocycles. The van der Waals surface area contributed by atoms with Crippen molar-refractivity contribution in [3.05, 3.63) is 0 Å². The Morgan fingerprint density at radius 3 is 2.47 bits per heavy atom. The predicted octanol–water partition coefficient (Wildman–Crippen LogP) is 2.41. The van der Waals surface area contributed by atoms with Crippen LogP contribution in [0.5, 0.6) is 0 Å². The van der Waals surface area contributed by atoms with Gasteiger partial charge >= 0.3 is 0 Å². The summed E-state index contributed by atoms with van der Waals surface area (Å²) in [7, 11) is -1.55. The van der Waals surface area contributed by atoms with Gasteiger partial charge in [0.2, 0.25) is 0 Å². The van der Waals surface area contributed by atoms with Gasteiger partial charge in [0.1, 0.15) is 0 Å². The molecule has 0 aliphatic carbocycles. The average Bonchev–Trinajstić information content (AvgIpc) is 2.25. The van der Waals surface area contributed by atoms with Gasteiger partial charge in [-0.3, -0.25) is 0 Å². The maximum absolute atomic E-state index is 6.52. The van der Waals surface area contributed by atoms with Crippen LogP contribution in [0.15, 0.2) is 4.99 Å². The minimum atomic E-state index is -1.55. The van der Waals surface area contributed by atoms with Crippen LogP contribution in [0.3, 0.4) is 0 Å². The first-order valence-corrected chi connectivity index (χ1v) is 10.2. The van der Waals surface area contributed by atoms with Crippen molar-refractivity contribution in [3.8, 4) is 0 Å². The van der Waals surface area contributed by atoms with Crippen molar-refractivity contribution in [1.29, 1.82) is 0 Å². The van der Waals surface area contributed by atoms with Gasteiger partial charge in [-0.1, -0.05) is 0 Å². The highest BCUT2D eigenvalue weighted by molar-refractivity contribution is 7.78. The summed E-state index contributed by atoms with van der Waals surface area (Å²) in [6, 6.07) is 0. The number of thiocarbonyl (C=S) groups is 1. The lowest BCUT2D eigenvalue weighted by atomic mass is 9.75. The van der Waals surface area contributed by atoms with Crippen LogP contribution in [0, 0.1) is 5.92 Å². The van der Waals surface area contributed by atoms with Gasteiger partial charge < -0.3 is 9.33 Å². The molecule has 0 aromatic heterocycles. The molecule has 3 saturated heterocycles. The largest absolute Gasteiger partial charge is 0.409 e. The molecule has 5 heteroatoms. The van der Waals surface area contributed by atoms with Crippen LogP contribution >= 0.6 is 12.2 Å². The molecule has 96 valence electrons. The standard InChI is InChI=1S/C12H22N2OSSi/c1-17(2,3)15-12(8-13-10-16)9-14-6-4-11(12)5-7-14/h11H,4-9H2,1-3H3. The number of isothiocyanates is 1. The van der Waals surface area contributed by atoms with Gasteiger partial charge in [-0.25, -0.2) is 4.99 Å². The Morgan fingerprint density at radius 1 is 1.41 bits per heavy atom. The van der Waals surface area contributed by atoms with Crippen LogP contribution in [0.1, 0.15) is 12.8 Å². The molecular weight excluding hydrogens is 248 g/mol. The Morgan fingerprint density at radius 2 is 2.06 bits per heavy atom. The van der Waals surface area contributed by atoms with Gasteiger partial charge in [-0.05, 0) is 63.7 Å². The Labute approximate surface area is 110 Å². The summed E-state index contributed by atoms with van der Waals surface area (Å²) in [5.74, 6) is 0.659. The van der Waals surface area contributed by atoms with E-state index in [0.717, 1.165) is 6.54 Å². The molecule has 0 spiro atoms. The quantitative estimate of drug-likeness (QED) is 0.445. The SMILES string of the molecule is C[Si](C)(C)OC1(CN=C=S)CN2CCC1CC2. The zero-order valence-electron chi connectivity index (χ0n) is 11.0. The molecule has 0 amide bonds. The summed E-state index contributed by atoms with van der Waals surface area (Å²) in [6.45, 7) is 10.9. The van der Waals surface area contributed by atoms with E-state index in [1.807, 2.05) is 0 Å². The second kappa shape index (κ2) is 4.90. The number of hydrogen-bond acceptors (Lipinski definition) is 4. The van der Waals surface area contributed by atoms with Crippen molar-refractivity contribution in [2.75, 3.05) is 26.2 Å². The van der Waals surface area contributed by atoms with Crippen molar-refractivity contribution in [1.82, 2.24) is 4.90 Å². The second-order valence-corrected chi connectivity index (χ2v) is 10.8. The molecule has 0 N–H and O–H groups in total. The number of hydrogen-bond donors (Lipinski definition) is 0. The van der Waals surface area contributed by atoms with E-state index in [1.165, 1.54) is 25.9 Å². The predicted molar refractivity (Wildman–Crippen MR) is 76.2 cm³/mol. The first kappa shape index (κ1) is 13.4. The second-order valence-electron chi connectivity index (χ2n) is 6.24. The van der Waals surface area contributed by atoms with Gasteiger partial charge in [0.25, 0.3) is 0 Å². The molecule has 0 radical (unpaired) electrons. The lowest BCUT2D eigenvalue weighted by Gasteiger charge is -2.54. The molecule has 1 unspecified atom stereocenters. The molecule has 2 bridgehead atoms. The first-order chi connectivity index (χ1) is 7.95. The van der Waals surface area contributed by atoms with E-state index in [2.05, 4.69) is 34.7 Å². The monoisotopic (exact) mass is 270 g/mol. The van der Waals surface area contributed by atoms with Crippen LogP contribution < -0.4 is 0 Å². The number of rotatable bonds is 4. The third kappa shape index (κ3) is 3.03. The summed E-state index contributed by atoms with van der Waals surface area (Å²) in [5.41, 5.74) is -0.0766. The van der Waals surface area contributed by atoms with Crippen LogP contribution in [0.4, 0.5) is 0 Å². The molecular formula is C12H22N2OSSi. The fraction of sp³-hybridized carbons (Fsp3) is 0.917. The molecule has 0 aromatic carbocycles. The highest BCUT2D eigenvalue weighted by Crippen LogP contribution is 2.40. The number of piperidine rings is 3. The lowest BCUT2D eigenvalue weighted by Crippen LogP contribution is -2.64. The van der Waals surface area contributed by atoms with E-state index in [1.54, 1.807) is 0 Å². The molecule has 3 aliphatic rings. The fourth-order valence-corrected chi connectivity index (χ4v) is 4.81. The normalized spacial score (nSPS) is 36.6. The molecule has 1 atom stereocenters. The van der Waals surface area contributed by atoms with Crippen LogP contribution in [0.2, 0.25) is 19.6 Å². The zero-order valence-corrected chi connectivity index (χ0v) is 12.8. The van der Waals surface area contributed by atoms with E-state index < -0.39 is 8.32 Å². The van der Waals surface area contributed by atoms with E-state index in [0.29, 0.717) is 12.5 Å². The Hall–Kier alpha value is -0.0631. The first-order valence-electron chi connectivity index (χ1n) is 6.41. The average molecular weight is 270 g/mol. The summed E-state index contributed by atoms with van der Waals surface area (Å²) in [4.78, 5) is 6.72. The minimum Gasteiger partial charge on any atom is -0.409 e. The molecule has 0 saturated carbocycles. The van der Waals surface area contributed by atoms with Crippen molar-refractivity contribution >= 4 is 25.7 Å². The minimum absolute atomic E-state index is 0.0766. The highest BCUT2D eigenvalue weighted by Gasteiger charge is 2.49. The number of aliphatic imine (C=N–C) groups is 1. The highest BCUT2D eigenvalue weighted by atomic mass is 32.1. The molecule has 3 fully saturated rings. The van der Waals surface area contributed by atoms with Gasteiger partial charge in [0, 0.05) is 6.54 Å². The number of nitrogens with zero attached hydrogens (tertiary/aromatic N) is 2. The third-order valence-corrected chi connectivity index (χ3v) is 4.89. The van der Waals surface area contributed by atoms with Gasteiger partial charge in [0.15, 0.2) is 8.32 Å². The smallest absolute Gasteiger partial charge is 0.184 e. The number of fused-ring (bicyclic) bond motifs is 3. The Kier molecular flexibility index (Phi) is 3.85. The van der Waals surface area contributed by atoms with E-state index >= 15 is 0 Å².